The third kappa shape index (κ3) is 3.88. The molecule has 0 radical (unpaired) electrons. The molecule has 2 fully saturated rings. The van der Waals surface area contributed by atoms with E-state index in [1.165, 1.54) is 5.56 Å². The molecular weight excluding hydrogens is 396 g/mol. The Morgan fingerprint density at radius 1 is 1.03 bits per heavy atom. The summed E-state index contributed by atoms with van der Waals surface area (Å²) in [7, 11) is 3.96. The van der Waals surface area contributed by atoms with E-state index in [-0.39, 0.29) is 17.4 Å². The molecule has 3 atom stereocenters. The summed E-state index contributed by atoms with van der Waals surface area (Å²) in [6.07, 6.45) is 4.26. The van der Waals surface area contributed by atoms with Crippen molar-refractivity contribution in [2.24, 2.45) is 5.92 Å². The van der Waals surface area contributed by atoms with E-state index in [0.717, 1.165) is 60.9 Å². The molecule has 166 valence electrons. The van der Waals surface area contributed by atoms with Crippen LogP contribution in [0.25, 0.3) is 10.8 Å². The average molecular weight is 429 g/mol. The zero-order chi connectivity index (χ0) is 22.1. The number of piperidine rings is 1. The molecule has 1 saturated heterocycles. The van der Waals surface area contributed by atoms with E-state index >= 15 is 0 Å². The Kier molecular flexibility index (Phi) is 5.64. The lowest BCUT2D eigenvalue weighted by Gasteiger charge is -2.52. The van der Waals surface area contributed by atoms with Crippen LogP contribution in [0.5, 0.6) is 5.75 Å². The minimum absolute atomic E-state index is 0.0351. The standard InChI is InChI=1S/C28H32N2O2/c1-30-15-14-28(23-8-5-9-26(17-23)32-2)18-25(13-12-24(28)19-30)29-27(31)22-11-10-20-6-3-4-7-21(20)16-22/h3-11,16-17,24-25H,12-15,18-19H2,1-2H3,(H,29,31)/t24-,25-,28+/m1/s1. The molecule has 1 amide bonds. The van der Waals surface area contributed by atoms with Gasteiger partial charge in [-0.2, -0.15) is 0 Å². The zero-order valence-electron chi connectivity index (χ0n) is 19.0. The van der Waals surface area contributed by atoms with Crippen LogP contribution in [0.1, 0.15) is 41.6 Å². The van der Waals surface area contributed by atoms with Gasteiger partial charge in [-0.1, -0.05) is 42.5 Å². The second-order valence-electron chi connectivity index (χ2n) is 9.61. The summed E-state index contributed by atoms with van der Waals surface area (Å²) >= 11 is 0. The molecule has 32 heavy (non-hydrogen) atoms. The molecule has 4 heteroatoms. The summed E-state index contributed by atoms with van der Waals surface area (Å²) in [6.45, 7) is 2.20. The first kappa shape index (κ1) is 21.0. The van der Waals surface area contributed by atoms with E-state index in [1.54, 1.807) is 7.11 Å². The highest BCUT2D eigenvalue weighted by Crippen LogP contribution is 2.49. The van der Waals surface area contributed by atoms with E-state index in [1.807, 2.05) is 36.4 Å². The molecule has 0 aromatic heterocycles. The second-order valence-corrected chi connectivity index (χ2v) is 9.61. The maximum Gasteiger partial charge on any atom is 0.251 e. The number of carbonyl (C=O) groups excluding carboxylic acids is 1. The summed E-state index contributed by atoms with van der Waals surface area (Å²) in [5.74, 6) is 1.55. The molecule has 0 spiro atoms. The van der Waals surface area contributed by atoms with E-state index < -0.39 is 0 Å². The quantitative estimate of drug-likeness (QED) is 0.634. The van der Waals surface area contributed by atoms with Crippen LogP contribution < -0.4 is 10.1 Å². The Balaban J connectivity index is 1.40. The maximum absolute atomic E-state index is 13.2. The van der Waals surface area contributed by atoms with E-state index in [4.69, 9.17) is 4.74 Å². The molecule has 5 rings (SSSR count). The molecule has 1 saturated carbocycles. The van der Waals surface area contributed by atoms with E-state index in [9.17, 15) is 4.79 Å². The third-order valence-electron chi connectivity index (χ3n) is 7.72. The number of rotatable bonds is 4. The molecule has 1 aliphatic carbocycles. The molecule has 1 heterocycles. The van der Waals surface area contributed by atoms with Crippen LogP contribution in [0.2, 0.25) is 0 Å². The number of amides is 1. The van der Waals surface area contributed by atoms with Crippen molar-refractivity contribution < 1.29 is 9.53 Å². The lowest BCUT2D eigenvalue weighted by atomic mass is 9.58. The van der Waals surface area contributed by atoms with Crippen molar-refractivity contribution in [1.29, 1.82) is 0 Å². The van der Waals surface area contributed by atoms with Crippen LogP contribution in [0.15, 0.2) is 66.7 Å². The van der Waals surface area contributed by atoms with Crippen LogP contribution in [0, 0.1) is 5.92 Å². The Morgan fingerprint density at radius 3 is 2.72 bits per heavy atom. The van der Waals surface area contributed by atoms with Gasteiger partial charge >= 0.3 is 0 Å². The molecule has 1 N–H and O–H groups in total. The highest BCUT2D eigenvalue weighted by Gasteiger charge is 2.47. The highest BCUT2D eigenvalue weighted by molar-refractivity contribution is 5.98. The van der Waals surface area contributed by atoms with Crippen molar-refractivity contribution in [3.63, 3.8) is 0 Å². The second kappa shape index (κ2) is 8.59. The van der Waals surface area contributed by atoms with Gasteiger partial charge < -0.3 is 15.0 Å². The maximum atomic E-state index is 13.2. The Morgan fingerprint density at radius 2 is 1.88 bits per heavy atom. The molecule has 4 nitrogen and oxygen atoms in total. The van der Waals surface area contributed by atoms with Crippen LogP contribution in [0.4, 0.5) is 0 Å². The first-order chi connectivity index (χ1) is 15.6. The summed E-state index contributed by atoms with van der Waals surface area (Å²) < 4.78 is 5.55. The summed E-state index contributed by atoms with van der Waals surface area (Å²) in [5.41, 5.74) is 2.19. The van der Waals surface area contributed by atoms with Gasteiger partial charge in [0.1, 0.15) is 5.75 Å². The number of fused-ring (bicyclic) bond motifs is 2. The number of methoxy groups -OCH3 is 1. The topological polar surface area (TPSA) is 41.6 Å². The first-order valence-electron chi connectivity index (χ1n) is 11.7. The predicted molar refractivity (Wildman–Crippen MR) is 129 cm³/mol. The van der Waals surface area contributed by atoms with E-state index in [0.29, 0.717) is 5.92 Å². The predicted octanol–water partition coefficient (Wildman–Crippen LogP) is 5.02. The minimum Gasteiger partial charge on any atom is -0.497 e. The number of likely N-dealkylation sites (tertiary alicyclic amines) is 1. The molecule has 2 aliphatic rings. The van der Waals surface area contributed by atoms with Crippen LogP contribution in [-0.4, -0.2) is 44.1 Å². The molecular formula is C28H32N2O2. The molecule has 3 aromatic carbocycles. The van der Waals surface area contributed by atoms with Gasteiger partial charge in [0, 0.05) is 23.6 Å². The minimum atomic E-state index is 0.0351. The van der Waals surface area contributed by atoms with Gasteiger partial charge in [-0.3, -0.25) is 4.79 Å². The van der Waals surface area contributed by atoms with Crippen molar-refractivity contribution in [3.05, 3.63) is 77.9 Å². The van der Waals surface area contributed by atoms with Gasteiger partial charge in [-0.05, 0) is 85.8 Å². The van der Waals surface area contributed by atoms with Crippen LogP contribution in [-0.2, 0) is 5.41 Å². The fourth-order valence-corrected chi connectivity index (χ4v) is 5.97. The van der Waals surface area contributed by atoms with Crippen LogP contribution >= 0.6 is 0 Å². The van der Waals surface area contributed by atoms with Crippen molar-refractivity contribution >= 4 is 16.7 Å². The van der Waals surface area contributed by atoms with Crippen molar-refractivity contribution in [3.8, 4) is 5.75 Å². The number of nitrogens with one attached hydrogen (secondary N) is 1. The third-order valence-corrected chi connectivity index (χ3v) is 7.72. The summed E-state index contributed by atoms with van der Waals surface area (Å²) in [6, 6.07) is 22.9. The molecule has 3 aromatic rings. The van der Waals surface area contributed by atoms with Crippen molar-refractivity contribution in [2.75, 3.05) is 27.2 Å². The molecule has 0 unspecified atom stereocenters. The highest BCUT2D eigenvalue weighted by atomic mass is 16.5. The van der Waals surface area contributed by atoms with Gasteiger partial charge in [0.2, 0.25) is 0 Å². The first-order valence-corrected chi connectivity index (χ1v) is 11.7. The number of hydrogen-bond donors (Lipinski definition) is 1. The Hall–Kier alpha value is -2.85. The largest absolute Gasteiger partial charge is 0.497 e. The number of ether oxygens (including phenoxy) is 1. The van der Waals surface area contributed by atoms with E-state index in [2.05, 4.69) is 47.6 Å². The summed E-state index contributed by atoms with van der Waals surface area (Å²) in [4.78, 5) is 15.6. The molecule has 0 bridgehead atoms. The number of nitrogens with zero attached hydrogens (tertiary/aromatic N) is 1. The number of benzene rings is 3. The number of carbonyl (C=O) groups is 1. The monoisotopic (exact) mass is 428 g/mol. The lowest BCUT2D eigenvalue weighted by molar-refractivity contribution is 0.0533. The van der Waals surface area contributed by atoms with Gasteiger partial charge in [0.05, 0.1) is 7.11 Å². The summed E-state index contributed by atoms with van der Waals surface area (Å²) in [5, 5.41) is 5.65. The fraction of sp³-hybridized carbons (Fsp3) is 0.393. The van der Waals surface area contributed by atoms with Crippen LogP contribution in [0.3, 0.4) is 0 Å². The van der Waals surface area contributed by atoms with Gasteiger partial charge in [-0.25, -0.2) is 0 Å². The Bertz CT molecular complexity index is 1130. The normalized spacial score (nSPS) is 25.8. The molecule has 1 aliphatic heterocycles. The lowest BCUT2D eigenvalue weighted by Crippen LogP contribution is -2.55. The zero-order valence-corrected chi connectivity index (χ0v) is 19.0. The van der Waals surface area contributed by atoms with Gasteiger partial charge in [0.25, 0.3) is 5.91 Å². The average Bonchev–Trinajstić information content (AvgIpc) is 2.84. The van der Waals surface area contributed by atoms with Gasteiger partial charge in [-0.15, -0.1) is 0 Å². The fourth-order valence-electron chi connectivity index (χ4n) is 5.97. The van der Waals surface area contributed by atoms with Crippen molar-refractivity contribution in [1.82, 2.24) is 10.2 Å². The smallest absolute Gasteiger partial charge is 0.251 e. The van der Waals surface area contributed by atoms with Gasteiger partial charge in [0.15, 0.2) is 0 Å². The number of hydrogen-bond acceptors (Lipinski definition) is 3. The van der Waals surface area contributed by atoms with Crippen molar-refractivity contribution in [2.45, 2.75) is 37.1 Å². The SMILES string of the molecule is COc1cccc([C@@]23CCN(C)C[C@H]2CC[C@@H](NC(=O)c2ccc4ccccc4c2)C3)c1. The Labute approximate surface area is 190 Å².